The van der Waals surface area contributed by atoms with Crippen molar-refractivity contribution in [1.29, 1.82) is 0 Å². The van der Waals surface area contributed by atoms with Gasteiger partial charge >= 0.3 is 0 Å². The van der Waals surface area contributed by atoms with E-state index in [0.717, 1.165) is 11.3 Å². The standard InChI is InChI=1S/C13H13Cl2N3O/c1-9-6-12(16-13(19)7-14)17-18(9)8-10-2-4-11(15)5-3-10/h2-6H,7-8H2,1H3,(H,16,17,19). The van der Waals surface area contributed by atoms with Gasteiger partial charge in [0, 0.05) is 16.8 Å². The van der Waals surface area contributed by atoms with Crippen LogP contribution in [-0.2, 0) is 11.3 Å². The van der Waals surface area contributed by atoms with Crippen LogP contribution in [0.15, 0.2) is 30.3 Å². The van der Waals surface area contributed by atoms with E-state index in [1.807, 2.05) is 35.9 Å². The Morgan fingerprint density at radius 3 is 2.68 bits per heavy atom. The fourth-order valence-electron chi connectivity index (χ4n) is 1.67. The summed E-state index contributed by atoms with van der Waals surface area (Å²) in [5.74, 6) is 0.165. The number of benzene rings is 1. The molecule has 100 valence electrons. The first-order chi connectivity index (χ1) is 9.08. The quantitative estimate of drug-likeness (QED) is 0.882. The molecular weight excluding hydrogens is 285 g/mol. The lowest BCUT2D eigenvalue weighted by Crippen LogP contribution is -2.13. The molecule has 0 aliphatic heterocycles. The van der Waals surface area contributed by atoms with Gasteiger partial charge in [-0.05, 0) is 24.6 Å². The van der Waals surface area contributed by atoms with E-state index in [4.69, 9.17) is 23.2 Å². The summed E-state index contributed by atoms with van der Waals surface area (Å²) in [6.45, 7) is 2.55. The monoisotopic (exact) mass is 297 g/mol. The van der Waals surface area contributed by atoms with Gasteiger partial charge in [-0.25, -0.2) is 0 Å². The SMILES string of the molecule is Cc1cc(NC(=O)CCl)nn1Cc1ccc(Cl)cc1. The lowest BCUT2D eigenvalue weighted by molar-refractivity contribution is -0.113. The molecular formula is C13H13Cl2N3O. The van der Waals surface area contributed by atoms with Gasteiger partial charge in [0.25, 0.3) is 0 Å². The first-order valence-corrected chi connectivity index (χ1v) is 6.64. The molecule has 6 heteroatoms. The van der Waals surface area contributed by atoms with Crippen molar-refractivity contribution < 1.29 is 4.79 Å². The Morgan fingerprint density at radius 2 is 2.05 bits per heavy atom. The number of amides is 1. The second-order valence-corrected chi connectivity index (χ2v) is 4.84. The van der Waals surface area contributed by atoms with Crippen LogP contribution in [0.2, 0.25) is 5.02 Å². The van der Waals surface area contributed by atoms with Crippen LogP contribution < -0.4 is 5.32 Å². The van der Waals surface area contributed by atoms with Gasteiger partial charge in [0.1, 0.15) is 5.88 Å². The van der Waals surface area contributed by atoms with Gasteiger partial charge in [-0.15, -0.1) is 11.6 Å². The maximum atomic E-state index is 11.2. The second-order valence-electron chi connectivity index (χ2n) is 4.14. The molecule has 1 amide bonds. The molecule has 1 heterocycles. The third kappa shape index (κ3) is 3.72. The predicted octanol–water partition coefficient (Wildman–Crippen LogP) is 3.07. The molecule has 0 spiro atoms. The van der Waals surface area contributed by atoms with Crippen LogP contribution in [0.4, 0.5) is 5.82 Å². The summed E-state index contributed by atoms with van der Waals surface area (Å²) in [7, 11) is 0. The average molecular weight is 298 g/mol. The largest absolute Gasteiger partial charge is 0.308 e. The van der Waals surface area contributed by atoms with Crippen molar-refractivity contribution in [1.82, 2.24) is 9.78 Å². The fraction of sp³-hybridized carbons (Fsp3) is 0.231. The summed E-state index contributed by atoms with van der Waals surface area (Å²) >= 11 is 11.3. The molecule has 0 fully saturated rings. The van der Waals surface area contributed by atoms with Crippen LogP contribution in [-0.4, -0.2) is 21.6 Å². The zero-order valence-electron chi connectivity index (χ0n) is 10.4. The summed E-state index contributed by atoms with van der Waals surface area (Å²) in [5.41, 5.74) is 2.05. The minimum atomic E-state index is -0.266. The number of halogens is 2. The molecule has 0 atom stereocenters. The highest BCUT2D eigenvalue weighted by atomic mass is 35.5. The highest BCUT2D eigenvalue weighted by molar-refractivity contribution is 6.30. The molecule has 1 N–H and O–H groups in total. The van der Waals surface area contributed by atoms with Crippen molar-refractivity contribution in [3.8, 4) is 0 Å². The van der Waals surface area contributed by atoms with E-state index >= 15 is 0 Å². The van der Waals surface area contributed by atoms with Crippen molar-refractivity contribution in [2.75, 3.05) is 11.2 Å². The van der Waals surface area contributed by atoms with Crippen molar-refractivity contribution in [2.24, 2.45) is 0 Å². The number of anilines is 1. The smallest absolute Gasteiger partial charge is 0.240 e. The Balaban J connectivity index is 2.12. The number of aromatic nitrogens is 2. The Kier molecular flexibility index (Phi) is 4.45. The normalized spacial score (nSPS) is 10.5. The van der Waals surface area contributed by atoms with Gasteiger partial charge in [0.15, 0.2) is 5.82 Å². The Morgan fingerprint density at radius 1 is 1.37 bits per heavy atom. The molecule has 0 aliphatic carbocycles. The van der Waals surface area contributed by atoms with Gasteiger partial charge < -0.3 is 5.32 Å². The molecule has 2 aromatic rings. The summed E-state index contributed by atoms with van der Waals surface area (Å²) in [4.78, 5) is 11.2. The Hall–Kier alpha value is -1.52. The zero-order chi connectivity index (χ0) is 13.8. The summed E-state index contributed by atoms with van der Waals surface area (Å²) in [6, 6.07) is 9.37. The molecule has 0 saturated carbocycles. The fourth-order valence-corrected chi connectivity index (χ4v) is 1.86. The number of hydrogen-bond acceptors (Lipinski definition) is 2. The number of hydrogen-bond donors (Lipinski definition) is 1. The third-order valence-corrected chi connectivity index (χ3v) is 3.11. The van der Waals surface area contributed by atoms with E-state index in [-0.39, 0.29) is 11.8 Å². The highest BCUT2D eigenvalue weighted by Gasteiger charge is 2.07. The Labute approximate surface area is 121 Å². The Bertz CT molecular complexity index is 578. The molecule has 0 radical (unpaired) electrons. The van der Waals surface area contributed by atoms with E-state index in [1.165, 1.54) is 0 Å². The van der Waals surface area contributed by atoms with Crippen molar-refractivity contribution in [2.45, 2.75) is 13.5 Å². The molecule has 4 nitrogen and oxygen atoms in total. The average Bonchev–Trinajstić information content (AvgIpc) is 2.72. The first kappa shape index (κ1) is 13.9. The molecule has 0 bridgehead atoms. The number of nitrogens with one attached hydrogen (secondary N) is 1. The number of rotatable bonds is 4. The lowest BCUT2D eigenvalue weighted by Gasteiger charge is -2.04. The van der Waals surface area contributed by atoms with Crippen LogP contribution in [0, 0.1) is 6.92 Å². The molecule has 0 unspecified atom stereocenters. The number of carbonyl (C=O) groups excluding carboxylic acids is 1. The topological polar surface area (TPSA) is 46.9 Å². The minimum absolute atomic E-state index is 0.0803. The maximum Gasteiger partial charge on any atom is 0.240 e. The molecule has 19 heavy (non-hydrogen) atoms. The van der Waals surface area contributed by atoms with E-state index in [0.29, 0.717) is 17.4 Å². The number of carbonyl (C=O) groups is 1. The molecule has 1 aromatic heterocycles. The van der Waals surface area contributed by atoms with Crippen LogP contribution >= 0.6 is 23.2 Å². The summed E-state index contributed by atoms with van der Waals surface area (Å²) in [5, 5.41) is 7.64. The highest BCUT2D eigenvalue weighted by Crippen LogP contribution is 2.14. The molecule has 1 aromatic carbocycles. The predicted molar refractivity (Wildman–Crippen MR) is 76.9 cm³/mol. The second kappa shape index (κ2) is 6.08. The summed E-state index contributed by atoms with van der Waals surface area (Å²) < 4.78 is 1.81. The summed E-state index contributed by atoms with van der Waals surface area (Å²) in [6.07, 6.45) is 0. The van der Waals surface area contributed by atoms with Crippen molar-refractivity contribution in [3.05, 3.63) is 46.6 Å². The van der Waals surface area contributed by atoms with Crippen LogP contribution in [0.3, 0.4) is 0 Å². The number of aryl methyl sites for hydroxylation is 1. The van der Waals surface area contributed by atoms with Crippen LogP contribution in [0.5, 0.6) is 0 Å². The molecule has 2 rings (SSSR count). The molecule has 0 aliphatic rings. The van der Waals surface area contributed by atoms with Gasteiger partial charge in [-0.1, -0.05) is 23.7 Å². The van der Waals surface area contributed by atoms with E-state index in [2.05, 4.69) is 10.4 Å². The van der Waals surface area contributed by atoms with Gasteiger partial charge in [-0.3, -0.25) is 9.48 Å². The molecule has 0 saturated heterocycles. The zero-order valence-corrected chi connectivity index (χ0v) is 11.9. The first-order valence-electron chi connectivity index (χ1n) is 5.73. The van der Waals surface area contributed by atoms with E-state index in [1.54, 1.807) is 6.07 Å². The van der Waals surface area contributed by atoms with Crippen molar-refractivity contribution in [3.63, 3.8) is 0 Å². The van der Waals surface area contributed by atoms with Crippen LogP contribution in [0.1, 0.15) is 11.3 Å². The van der Waals surface area contributed by atoms with E-state index in [9.17, 15) is 4.79 Å². The van der Waals surface area contributed by atoms with Crippen molar-refractivity contribution >= 4 is 34.9 Å². The lowest BCUT2D eigenvalue weighted by atomic mass is 10.2. The van der Waals surface area contributed by atoms with Gasteiger partial charge in [-0.2, -0.15) is 5.10 Å². The van der Waals surface area contributed by atoms with Gasteiger partial charge in [0.05, 0.1) is 6.54 Å². The number of nitrogens with zero attached hydrogens (tertiary/aromatic N) is 2. The van der Waals surface area contributed by atoms with E-state index < -0.39 is 0 Å². The third-order valence-electron chi connectivity index (χ3n) is 2.62. The maximum absolute atomic E-state index is 11.2. The van der Waals surface area contributed by atoms with Gasteiger partial charge in [0.2, 0.25) is 5.91 Å². The minimum Gasteiger partial charge on any atom is -0.308 e. The van der Waals surface area contributed by atoms with Crippen LogP contribution in [0.25, 0.3) is 0 Å². The number of alkyl halides is 1.